The quantitative estimate of drug-likeness (QED) is 0.845. The number of nitrogens with one attached hydrogen (secondary N) is 1. The van der Waals surface area contributed by atoms with E-state index in [2.05, 4.69) is 23.6 Å². The zero-order chi connectivity index (χ0) is 15.5. The molecular formula is C15H25N3O2S. The number of aromatic nitrogens is 1. The molecular weight excluding hydrogens is 286 g/mol. The van der Waals surface area contributed by atoms with Crippen molar-refractivity contribution >= 4 is 15.7 Å². The van der Waals surface area contributed by atoms with Gasteiger partial charge >= 0.3 is 0 Å². The van der Waals surface area contributed by atoms with Crippen LogP contribution in [-0.2, 0) is 10.0 Å². The first-order chi connectivity index (χ1) is 9.85. The third-order valence-electron chi connectivity index (χ3n) is 4.25. The molecule has 0 aromatic carbocycles. The van der Waals surface area contributed by atoms with Gasteiger partial charge in [-0.05, 0) is 36.7 Å². The van der Waals surface area contributed by atoms with Gasteiger partial charge in [0.25, 0.3) is 0 Å². The lowest BCUT2D eigenvalue weighted by molar-refractivity contribution is 0.236. The zero-order valence-corrected chi connectivity index (χ0v) is 13.6. The van der Waals surface area contributed by atoms with Crippen LogP contribution in [0, 0.1) is 11.3 Å². The van der Waals surface area contributed by atoms with Crippen LogP contribution in [0.4, 0.5) is 5.69 Å². The van der Waals surface area contributed by atoms with E-state index in [0.29, 0.717) is 12.5 Å². The van der Waals surface area contributed by atoms with Gasteiger partial charge in [0.15, 0.2) is 0 Å². The van der Waals surface area contributed by atoms with E-state index in [4.69, 9.17) is 5.73 Å². The van der Waals surface area contributed by atoms with Gasteiger partial charge in [-0.3, -0.25) is 4.98 Å². The second-order valence-electron chi connectivity index (χ2n) is 6.54. The Morgan fingerprint density at radius 1 is 1.38 bits per heavy atom. The maximum absolute atomic E-state index is 12.4. The van der Waals surface area contributed by atoms with Gasteiger partial charge in [0.2, 0.25) is 10.0 Å². The normalized spacial score (nSPS) is 18.2. The first kappa shape index (κ1) is 16.2. The molecule has 1 heterocycles. The van der Waals surface area contributed by atoms with Crippen LogP contribution in [0.5, 0.6) is 0 Å². The molecule has 3 N–H and O–H groups in total. The molecule has 1 aromatic rings. The number of rotatable bonds is 6. The van der Waals surface area contributed by atoms with E-state index in [-0.39, 0.29) is 16.0 Å². The number of nitrogens with zero attached hydrogens (tertiary/aromatic N) is 1. The minimum Gasteiger partial charge on any atom is -0.398 e. The van der Waals surface area contributed by atoms with Gasteiger partial charge in [-0.25, -0.2) is 13.1 Å². The minimum atomic E-state index is -3.59. The van der Waals surface area contributed by atoms with E-state index >= 15 is 0 Å². The zero-order valence-electron chi connectivity index (χ0n) is 12.8. The lowest BCUT2D eigenvalue weighted by Gasteiger charge is -2.31. The highest BCUT2D eigenvalue weighted by Crippen LogP contribution is 2.42. The van der Waals surface area contributed by atoms with E-state index in [0.717, 1.165) is 19.3 Å². The fourth-order valence-corrected chi connectivity index (χ4v) is 4.61. The summed E-state index contributed by atoms with van der Waals surface area (Å²) in [5.74, 6) is 0.566. The molecule has 0 atom stereocenters. The predicted octanol–water partition coefficient (Wildman–Crippen LogP) is 2.55. The van der Waals surface area contributed by atoms with Crippen molar-refractivity contribution in [3.05, 3.63) is 18.5 Å². The number of pyridine rings is 1. The molecule has 1 aliphatic carbocycles. The van der Waals surface area contributed by atoms with Crippen molar-refractivity contribution in [2.75, 3.05) is 12.3 Å². The van der Waals surface area contributed by atoms with Crippen molar-refractivity contribution in [3.63, 3.8) is 0 Å². The molecule has 0 saturated heterocycles. The Labute approximate surface area is 127 Å². The predicted molar refractivity (Wildman–Crippen MR) is 84.2 cm³/mol. The highest BCUT2D eigenvalue weighted by molar-refractivity contribution is 7.89. The molecule has 0 aliphatic heterocycles. The maximum atomic E-state index is 12.4. The van der Waals surface area contributed by atoms with Gasteiger partial charge < -0.3 is 5.73 Å². The van der Waals surface area contributed by atoms with Crippen LogP contribution >= 0.6 is 0 Å². The lowest BCUT2D eigenvalue weighted by atomic mass is 9.79. The Kier molecular flexibility index (Phi) is 4.88. The monoisotopic (exact) mass is 311 g/mol. The van der Waals surface area contributed by atoms with Gasteiger partial charge in [-0.1, -0.05) is 26.7 Å². The Balaban J connectivity index is 2.12. The molecule has 0 amide bonds. The summed E-state index contributed by atoms with van der Waals surface area (Å²) >= 11 is 0. The maximum Gasteiger partial charge on any atom is 0.244 e. The first-order valence-electron chi connectivity index (χ1n) is 7.54. The molecule has 0 radical (unpaired) electrons. The molecule has 2 rings (SSSR count). The van der Waals surface area contributed by atoms with Crippen LogP contribution < -0.4 is 10.5 Å². The molecule has 1 saturated carbocycles. The number of hydrogen-bond acceptors (Lipinski definition) is 4. The van der Waals surface area contributed by atoms with E-state index in [1.807, 2.05) is 0 Å². The molecule has 1 aromatic heterocycles. The van der Waals surface area contributed by atoms with Crippen molar-refractivity contribution in [3.8, 4) is 0 Å². The Morgan fingerprint density at radius 3 is 2.62 bits per heavy atom. The summed E-state index contributed by atoms with van der Waals surface area (Å²) < 4.78 is 27.6. The van der Waals surface area contributed by atoms with Gasteiger partial charge in [-0.2, -0.15) is 0 Å². The summed E-state index contributed by atoms with van der Waals surface area (Å²) in [6.07, 6.45) is 8.41. The Morgan fingerprint density at radius 2 is 2.05 bits per heavy atom. The van der Waals surface area contributed by atoms with Gasteiger partial charge in [0.05, 0.1) is 5.69 Å². The number of hydrogen-bond donors (Lipinski definition) is 2. The molecule has 5 nitrogen and oxygen atoms in total. The Bertz CT molecular complexity index is 578. The van der Waals surface area contributed by atoms with Crippen molar-refractivity contribution in [2.45, 2.75) is 50.8 Å². The molecule has 21 heavy (non-hydrogen) atoms. The smallest absolute Gasteiger partial charge is 0.244 e. The summed E-state index contributed by atoms with van der Waals surface area (Å²) in [5, 5.41) is 0. The number of nitrogens with two attached hydrogens (primary N) is 1. The number of nitrogen functional groups attached to an aromatic ring is 1. The third-order valence-corrected chi connectivity index (χ3v) is 5.69. The van der Waals surface area contributed by atoms with Crippen LogP contribution in [0.3, 0.4) is 0 Å². The van der Waals surface area contributed by atoms with E-state index < -0.39 is 10.0 Å². The van der Waals surface area contributed by atoms with Gasteiger partial charge in [-0.15, -0.1) is 0 Å². The van der Waals surface area contributed by atoms with E-state index in [9.17, 15) is 8.42 Å². The summed E-state index contributed by atoms with van der Waals surface area (Å²) in [6, 6.07) is 1.51. The minimum absolute atomic E-state index is 0.0719. The van der Waals surface area contributed by atoms with Crippen molar-refractivity contribution < 1.29 is 8.42 Å². The van der Waals surface area contributed by atoms with E-state index in [1.54, 1.807) is 0 Å². The van der Waals surface area contributed by atoms with Crippen LogP contribution in [-0.4, -0.2) is 19.9 Å². The number of sulfonamides is 1. The molecule has 118 valence electrons. The molecule has 1 aliphatic rings. The summed E-state index contributed by atoms with van der Waals surface area (Å²) in [7, 11) is -3.59. The molecule has 6 heteroatoms. The summed E-state index contributed by atoms with van der Waals surface area (Å²) in [6.45, 7) is 4.86. The van der Waals surface area contributed by atoms with Gasteiger partial charge in [0, 0.05) is 18.9 Å². The highest BCUT2D eigenvalue weighted by atomic mass is 32.2. The molecule has 0 spiro atoms. The second kappa shape index (κ2) is 6.32. The van der Waals surface area contributed by atoms with Crippen LogP contribution in [0.25, 0.3) is 0 Å². The topological polar surface area (TPSA) is 85.1 Å². The first-order valence-corrected chi connectivity index (χ1v) is 9.02. The lowest BCUT2D eigenvalue weighted by Crippen LogP contribution is -2.37. The van der Waals surface area contributed by atoms with E-state index in [1.165, 1.54) is 31.3 Å². The highest BCUT2D eigenvalue weighted by Gasteiger charge is 2.35. The third kappa shape index (κ3) is 3.95. The molecule has 0 unspecified atom stereocenters. The van der Waals surface area contributed by atoms with Crippen molar-refractivity contribution in [1.82, 2.24) is 9.71 Å². The Hall–Kier alpha value is -1.14. The largest absolute Gasteiger partial charge is 0.398 e. The SMILES string of the molecule is CC(C)CC1(CNS(=O)(=O)c2cnccc2N)CCCC1. The van der Waals surface area contributed by atoms with Crippen LogP contribution in [0.2, 0.25) is 0 Å². The molecule has 0 bridgehead atoms. The van der Waals surface area contributed by atoms with Gasteiger partial charge in [0.1, 0.15) is 4.90 Å². The number of anilines is 1. The average Bonchev–Trinajstić information content (AvgIpc) is 2.85. The second-order valence-corrected chi connectivity index (χ2v) is 8.28. The summed E-state index contributed by atoms with van der Waals surface area (Å²) in [4.78, 5) is 3.93. The van der Waals surface area contributed by atoms with Crippen molar-refractivity contribution in [1.29, 1.82) is 0 Å². The summed E-state index contributed by atoms with van der Waals surface area (Å²) in [5.41, 5.74) is 6.08. The van der Waals surface area contributed by atoms with Crippen LogP contribution in [0.1, 0.15) is 46.0 Å². The fourth-order valence-electron chi connectivity index (χ4n) is 3.39. The standard InChI is InChI=1S/C15H25N3O2S/c1-12(2)9-15(6-3-4-7-15)11-18-21(19,20)14-10-17-8-5-13(14)16/h5,8,10,12,18H,3-4,6-7,9,11H2,1-2H3,(H2,16,17). The average molecular weight is 311 g/mol. The fraction of sp³-hybridized carbons (Fsp3) is 0.667. The van der Waals surface area contributed by atoms with Crippen molar-refractivity contribution in [2.24, 2.45) is 11.3 Å². The van der Waals surface area contributed by atoms with Crippen LogP contribution in [0.15, 0.2) is 23.4 Å². The molecule has 1 fully saturated rings.